The first-order chi connectivity index (χ1) is 9.11. The van der Waals surface area contributed by atoms with Crippen molar-refractivity contribution in [2.24, 2.45) is 0 Å². The SMILES string of the molecule is COc1cc(NC(=O)c2ncccc2O)ccc1F. The zero-order valence-corrected chi connectivity index (χ0v) is 10.1. The van der Waals surface area contributed by atoms with E-state index >= 15 is 0 Å². The van der Waals surface area contributed by atoms with Crippen LogP contribution in [0.25, 0.3) is 0 Å². The van der Waals surface area contributed by atoms with Gasteiger partial charge in [-0.1, -0.05) is 0 Å². The Bertz CT molecular complexity index is 617. The Hall–Kier alpha value is -2.63. The van der Waals surface area contributed by atoms with Gasteiger partial charge < -0.3 is 15.2 Å². The normalized spacial score (nSPS) is 10.0. The molecule has 5 nitrogen and oxygen atoms in total. The summed E-state index contributed by atoms with van der Waals surface area (Å²) in [5.41, 5.74) is 0.235. The molecule has 19 heavy (non-hydrogen) atoms. The summed E-state index contributed by atoms with van der Waals surface area (Å²) in [5, 5.41) is 12.0. The van der Waals surface area contributed by atoms with E-state index in [9.17, 15) is 14.3 Å². The van der Waals surface area contributed by atoms with Crippen LogP contribution < -0.4 is 10.1 Å². The van der Waals surface area contributed by atoms with Gasteiger partial charge in [0.25, 0.3) is 5.91 Å². The molecule has 2 N–H and O–H groups in total. The maximum Gasteiger partial charge on any atom is 0.278 e. The summed E-state index contributed by atoms with van der Waals surface area (Å²) in [4.78, 5) is 15.6. The molecular formula is C13H11FN2O3. The number of carbonyl (C=O) groups is 1. The molecule has 0 spiro atoms. The third-order valence-corrected chi connectivity index (χ3v) is 2.41. The fraction of sp³-hybridized carbons (Fsp3) is 0.0769. The maximum absolute atomic E-state index is 13.2. The van der Waals surface area contributed by atoms with Crippen LogP contribution >= 0.6 is 0 Å². The number of methoxy groups -OCH3 is 1. The lowest BCUT2D eigenvalue weighted by atomic mass is 10.2. The maximum atomic E-state index is 13.2. The van der Waals surface area contributed by atoms with Crippen LogP contribution in [-0.4, -0.2) is 23.1 Å². The minimum absolute atomic E-state index is 0.0167. The molecule has 0 aliphatic rings. The van der Waals surface area contributed by atoms with Crippen molar-refractivity contribution in [2.75, 3.05) is 12.4 Å². The van der Waals surface area contributed by atoms with Gasteiger partial charge in [0.1, 0.15) is 5.75 Å². The van der Waals surface area contributed by atoms with E-state index in [0.29, 0.717) is 5.69 Å². The van der Waals surface area contributed by atoms with Crippen LogP contribution in [-0.2, 0) is 0 Å². The molecule has 0 atom stereocenters. The second-order valence-corrected chi connectivity index (χ2v) is 3.67. The molecule has 1 aromatic carbocycles. The van der Waals surface area contributed by atoms with Crippen molar-refractivity contribution in [3.05, 3.63) is 48.0 Å². The largest absolute Gasteiger partial charge is 0.505 e. The number of pyridine rings is 1. The lowest BCUT2D eigenvalue weighted by Crippen LogP contribution is -2.13. The summed E-state index contributed by atoms with van der Waals surface area (Å²) in [6.07, 6.45) is 1.39. The summed E-state index contributed by atoms with van der Waals surface area (Å²) in [6.45, 7) is 0. The summed E-state index contributed by atoms with van der Waals surface area (Å²) in [7, 11) is 1.33. The molecule has 2 aromatic rings. The van der Waals surface area contributed by atoms with E-state index in [1.165, 1.54) is 43.6 Å². The van der Waals surface area contributed by atoms with Crippen molar-refractivity contribution in [3.8, 4) is 11.5 Å². The molecule has 0 aliphatic heterocycles. The van der Waals surface area contributed by atoms with Gasteiger partial charge in [-0.2, -0.15) is 0 Å². The van der Waals surface area contributed by atoms with Gasteiger partial charge in [-0.15, -0.1) is 0 Å². The highest BCUT2D eigenvalue weighted by Crippen LogP contribution is 2.22. The number of hydrogen-bond acceptors (Lipinski definition) is 4. The minimum atomic E-state index is -0.591. The number of carbonyl (C=O) groups excluding carboxylic acids is 1. The average molecular weight is 262 g/mol. The standard InChI is InChI=1S/C13H11FN2O3/c1-19-11-7-8(4-5-9(11)14)16-13(18)12-10(17)3-2-6-15-12/h2-7,17H,1H3,(H,16,18). The van der Waals surface area contributed by atoms with Gasteiger partial charge in [-0.25, -0.2) is 9.37 Å². The second-order valence-electron chi connectivity index (χ2n) is 3.67. The van der Waals surface area contributed by atoms with Gasteiger partial charge in [-0.3, -0.25) is 4.79 Å². The monoisotopic (exact) mass is 262 g/mol. The van der Waals surface area contributed by atoms with Gasteiger partial charge in [0, 0.05) is 18.0 Å². The predicted octanol–water partition coefficient (Wildman–Crippen LogP) is 2.19. The molecule has 0 bridgehead atoms. The Labute approximate surface area is 108 Å². The molecule has 2 rings (SSSR count). The van der Waals surface area contributed by atoms with Crippen LogP contribution in [0.2, 0.25) is 0 Å². The van der Waals surface area contributed by atoms with Crippen molar-refractivity contribution < 1.29 is 19.0 Å². The Morgan fingerprint density at radius 3 is 2.89 bits per heavy atom. The molecule has 98 valence electrons. The van der Waals surface area contributed by atoms with Crippen molar-refractivity contribution in [1.29, 1.82) is 0 Å². The van der Waals surface area contributed by atoms with E-state index < -0.39 is 11.7 Å². The molecule has 0 saturated carbocycles. The number of nitrogens with one attached hydrogen (secondary N) is 1. The third kappa shape index (κ3) is 2.79. The van der Waals surface area contributed by atoms with Crippen molar-refractivity contribution in [1.82, 2.24) is 4.98 Å². The quantitative estimate of drug-likeness (QED) is 0.889. The van der Waals surface area contributed by atoms with Crippen molar-refractivity contribution in [2.45, 2.75) is 0 Å². The summed E-state index contributed by atoms with van der Waals surface area (Å²) in [5.74, 6) is -1.33. The number of hydrogen-bond donors (Lipinski definition) is 2. The van der Waals surface area contributed by atoms with Crippen LogP contribution in [0.15, 0.2) is 36.5 Å². The number of aromatic hydroxyl groups is 1. The van der Waals surface area contributed by atoms with Gasteiger partial charge in [0.2, 0.25) is 0 Å². The average Bonchev–Trinajstić information content (AvgIpc) is 2.41. The summed E-state index contributed by atoms with van der Waals surface area (Å²) >= 11 is 0. The first-order valence-electron chi connectivity index (χ1n) is 5.40. The lowest BCUT2D eigenvalue weighted by Gasteiger charge is -2.08. The van der Waals surface area contributed by atoms with Crippen molar-refractivity contribution in [3.63, 3.8) is 0 Å². The predicted molar refractivity (Wildman–Crippen MR) is 66.8 cm³/mol. The van der Waals surface area contributed by atoms with Gasteiger partial charge in [0.15, 0.2) is 17.3 Å². The van der Waals surface area contributed by atoms with Crippen LogP contribution in [0, 0.1) is 5.82 Å². The van der Waals surface area contributed by atoms with Crippen molar-refractivity contribution >= 4 is 11.6 Å². The van der Waals surface area contributed by atoms with Gasteiger partial charge in [0.05, 0.1) is 7.11 Å². The number of halogens is 1. The van der Waals surface area contributed by atoms with E-state index in [2.05, 4.69) is 10.3 Å². The van der Waals surface area contributed by atoms with Gasteiger partial charge >= 0.3 is 0 Å². The molecule has 6 heteroatoms. The Morgan fingerprint density at radius 2 is 2.21 bits per heavy atom. The first kappa shape index (κ1) is 12.8. The molecule has 1 amide bonds. The number of benzene rings is 1. The highest BCUT2D eigenvalue weighted by Gasteiger charge is 2.13. The highest BCUT2D eigenvalue weighted by molar-refractivity contribution is 6.04. The lowest BCUT2D eigenvalue weighted by molar-refractivity contribution is 0.101. The fourth-order valence-corrected chi connectivity index (χ4v) is 1.50. The number of nitrogens with zero attached hydrogens (tertiary/aromatic N) is 1. The zero-order chi connectivity index (χ0) is 13.8. The fourth-order valence-electron chi connectivity index (χ4n) is 1.50. The van der Waals surface area contributed by atoms with Crippen LogP contribution in [0.4, 0.5) is 10.1 Å². The molecule has 1 heterocycles. The number of amides is 1. The summed E-state index contributed by atoms with van der Waals surface area (Å²) in [6, 6.07) is 6.76. The van der Waals surface area contributed by atoms with E-state index in [1.54, 1.807) is 0 Å². The summed E-state index contributed by atoms with van der Waals surface area (Å²) < 4.78 is 18.0. The number of anilines is 1. The Balaban J connectivity index is 2.22. The van der Waals surface area contributed by atoms with Crippen LogP contribution in [0.3, 0.4) is 0 Å². The van der Waals surface area contributed by atoms with Crippen LogP contribution in [0.5, 0.6) is 11.5 Å². The smallest absolute Gasteiger partial charge is 0.278 e. The van der Waals surface area contributed by atoms with E-state index in [-0.39, 0.29) is 17.2 Å². The molecule has 0 unspecified atom stereocenters. The molecular weight excluding hydrogens is 251 g/mol. The Morgan fingerprint density at radius 1 is 1.42 bits per heavy atom. The second kappa shape index (κ2) is 5.34. The molecule has 0 aliphatic carbocycles. The zero-order valence-electron chi connectivity index (χ0n) is 10.1. The topological polar surface area (TPSA) is 71.5 Å². The number of ether oxygens (including phenoxy) is 1. The minimum Gasteiger partial charge on any atom is -0.505 e. The Kier molecular flexibility index (Phi) is 3.61. The van der Waals surface area contributed by atoms with E-state index in [0.717, 1.165) is 0 Å². The van der Waals surface area contributed by atoms with E-state index in [4.69, 9.17) is 4.74 Å². The number of rotatable bonds is 3. The number of aromatic nitrogens is 1. The molecule has 0 saturated heterocycles. The van der Waals surface area contributed by atoms with E-state index in [1.807, 2.05) is 0 Å². The van der Waals surface area contributed by atoms with Gasteiger partial charge in [-0.05, 0) is 24.3 Å². The first-order valence-corrected chi connectivity index (χ1v) is 5.40. The molecule has 1 aromatic heterocycles. The molecule has 0 radical (unpaired) electrons. The third-order valence-electron chi connectivity index (χ3n) is 2.41. The highest BCUT2D eigenvalue weighted by atomic mass is 19.1. The van der Waals surface area contributed by atoms with Crippen LogP contribution in [0.1, 0.15) is 10.5 Å². The molecule has 0 fully saturated rings.